The molecule has 162 valence electrons. The molecular formula is C24H49NO2. The molecule has 0 N–H and O–H groups in total. The molecule has 0 radical (unpaired) electrons. The van der Waals surface area contributed by atoms with E-state index in [9.17, 15) is 0 Å². The van der Waals surface area contributed by atoms with Crippen LogP contribution in [0, 0.1) is 5.92 Å². The summed E-state index contributed by atoms with van der Waals surface area (Å²) in [6.45, 7) is 14.3. The minimum Gasteiger partial charge on any atom is -0.381 e. The molecule has 1 aliphatic rings. The molecule has 0 saturated carbocycles. The summed E-state index contributed by atoms with van der Waals surface area (Å²) >= 11 is 0. The quantitative estimate of drug-likeness (QED) is 0.269. The van der Waals surface area contributed by atoms with E-state index in [1.165, 1.54) is 83.7 Å². The number of likely N-dealkylation sites (tertiary alicyclic amines) is 1. The molecule has 1 saturated heterocycles. The molecule has 1 fully saturated rings. The zero-order valence-electron chi connectivity index (χ0n) is 19.0. The predicted octanol–water partition coefficient (Wildman–Crippen LogP) is 6.45. The molecule has 1 rings (SSSR count). The molecule has 0 aliphatic carbocycles. The number of unbranched alkanes of at least 4 members (excludes halogenated alkanes) is 1. The van der Waals surface area contributed by atoms with Gasteiger partial charge in [0.2, 0.25) is 0 Å². The zero-order chi connectivity index (χ0) is 19.7. The van der Waals surface area contributed by atoms with Crippen molar-refractivity contribution in [3.8, 4) is 0 Å². The number of ether oxygens (including phenoxy) is 2. The number of rotatable bonds is 17. The van der Waals surface area contributed by atoms with Crippen LogP contribution in [0.3, 0.4) is 0 Å². The van der Waals surface area contributed by atoms with Crippen LogP contribution in [-0.2, 0) is 9.47 Å². The van der Waals surface area contributed by atoms with Crippen LogP contribution in [0.15, 0.2) is 0 Å². The maximum absolute atomic E-state index is 6.10. The van der Waals surface area contributed by atoms with Gasteiger partial charge in [0.25, 0.3) is 0 Å². The van der Waals surface area contributed by atoms with Gasteiger partial charge in [0.05, 0.1) is 6.10 Å². The minimum atomic E-state index is 0.476. The highest BCUT2D eigenvalue weighted by Gasteiger charge is 2.23. The largest absolute Gasteiger partial charge is 0.381 e. The van der Waals surface area contributed by atoms with Crippen molar-refractivity contribution in [3.05, 3.63) is 0 Å². The number of nitrogens with zero attached hydrogens (tertiary/aromatic N) is 1. The van der Waals surface area contributed by atoms with Crippen molar-refractivity contribution in [1.82, 2.24) is 4.90 Å². The summed E-state index contributed by atoms with van der Waals surface area (Å²) in [5.41, 5.74) is 0. The molecule has 0 aromatic carbocycles. The Kier molecular flexibility index (Phi) is 15.5. The van der Waals surface area contributed by atoms with Crippen molar-refractivity contribution in [2.24, 2.45) is 5.92 Å². The number of piperidine rings is 1. The molecule has 2 atom stereocenters. The summed E-state index contributed by atoms with van der Waals surface area (Å²) in [5, 5.41) is 0. The first-order chi connectivity index (χ1) is 13.2. The Hall–Kier alpha value is -0.120. The van der Waals surface area contributed by atoms with Gasteiger partial charge in [0.15, 0.2) is 0 Å². The number of hydrogen-bond donors (Lipinski definition) is 0. The van der Waals surface area contributed by atoms with Gasteiger partial charge in [-0.15, -0.1) is 0 Å². The van der Waals surface area contributed by atoms with Crippen molar-refractivity contribution in [2.45, 2.75) is 117 Å². The lowest BCUT2D eigenvalue weighted by atomic mass is 9.94. The van der Waals surface area contributed by atoms with Crippen molar-refractivity contribution in [3.63, 3.8) is 0 Å². The van der Waals surface area contributed by atoms with Gasteiger partial charge in [-0.3, -0.25) is 0 Å². The van der Waals surface area contributed by atoms with Crippen molar-refractivity contribution < 1.29 is 9.47 Å². The Bertz CT molecular complexity index is 316. The highest BCUT2D eigenvalue weighted by Crippen LogP contribution is 2.20. The standard InChI is InChI=1S/C24H49NO2/c1-5-9-13-22(7-3)14-10-19-26-20-11-21-27-24-15-17-25(18-16-24)23(8-4)12-6-2/h22-24H,5-21H2,1-4H3. The molecule has 0 spiro atoms. The second-order valence-corrected chi connectivity index (χ2v) is 8.48. The van der Waals surface area contributed by atoms with Crippen LogP contribution in [0.1, 0.15) is 105 Å². The Morgan fingerprint density at radius 2 is 1.48 bits per heavy atom. The lowest BCUT2D eigenvalue weighted by Gasteiger charge is -2.37. The van der Waals surface area contributed by atoms with Crippen LogP contribution < -0.4 is 0 Å². The maximum atomic E-state index is 6.10. The molecule has 0 amide bonds. The third-order valence-electron chi connectivity index (χ3n) is 6.32. The van der Waals surface area contributed by atoms with Gasteiger partial charge >= 0.3 is 0 Å². The van der Waals surface area contributed by atoms with E-state index in [0.717, 1.165) is 38.2 Å². The molecule has 2 unspecified atom stereocenters. The Morgan fingerprint density at radius 3 is 2.11 bits per heavy atom. The van der Waals surface area contributed by atoms with E-state index in [0.29, 0.717) is 6.10 Å². The van der Waals surface area contributed by atoms with E-state index in [-0.39, 0.29) is 0 Å². The normalized spacial score (nSPS) is 18.7. The van der Waals surface area contributed by atoms with Crippen molar-refractivity contribution in [2.75, 3.05) is 32.9 Å². The first-order valence-corrected chi connectivity index (χ1v) is 12.2. The molecule has 0 aromatic rings. The summed E-state index contributed by atoms with van der Waals surface area (Å²) in [6.07, 6.45) is 15.8. The summed E-state index contributed by atoms with van der Waals surface area (Å²) in [6, 6.07) is 0.790. The van der Waals surface area contributed by atoms with E-state index in [4.69, 9.17) is 9.47 Å². The zero-order valence-corrected chi connectivity index (χ0v) is 19.0. The Balaban J connectivity index is 1.96. The van der Waals surface area contributed by atoms with Crippen molar-refractivity contribution in [1.29, 1.82) is 0 Å². The average Bonchev–Trinajstić information content (AvgIpc) is 2.71. The molecule has 0 aromatic heterocycles. The SMILES string of the molecule is CCCCC(CC)CCCOCCCOC1CCN(C(CC)CCC)CC1. The van der Waals surface area contributed by atoms with Crippen LogP contribution in [-0.4, -0.2) is 50.0 Å². The summed E-state index contributed by atoms with van der Waals surface area (Å²) in [4.78, 5) is 2.69. The van der Waals surface area contributed by atoms with Crippen LogP contribution in [0.4, 0.5) is 0 Å². The van der Waals surface area contributed by atoms with Gasteiger partial charge < -0.3 is 14.4 Å². The highest BCUT2D eigenvalue weighted by atomic mass is 16.5. The van der Waals surface area contributed by atoms with Crippen molar-refractivity contribution >= 4 is 0 Å². The van der Waals surface area contributed by atoms with Gasteiger partial charge in [-0.1, -0.05) is 59.8 Å². The molecule has 27 heavy (non-hydrogen) atoms. The summed E-state index contributed by atoms with van der Waals surface area (Å²) in [7, 11) is 0. The molecular weight excluding hydrogens is 334 g/mol. The fraction of sp³-hybridized carbons (Fsp3) is 1.00. The minimum absolute atomic E-state index is 0.476. The lowest BCUT2D eigenvalue weighted by Crippen LogP contribution is -2.43. The van der Waals surface area contributed by atoms with Crippen LogP contribution >= 0.6 is 0 Å². The fourth-order valence-corrected chi connectivity index (χ4v) is 4.42. The predicted molar refractivity (Wildman–Crippen MR) is 118 cm³/mol. The highest BCUT2D eigenvalue weighted by molar-refractivity contribution is 4.78. The third kappa shape index (κ3) is 11.5. The van der Waals surface area contributed by atoms with Crippen LogP contribution in [0.2, 0.25) is 0 Å². The van der Waals surface area contributed by atoms with Gasteiger partial charge in [0.1, 0.15) is 0 Å². The third-order valence-corrected chi connectivity index (χ3v) is 6.32. The van der Waals surface area contributed by atoms with Crippen LogP contribution in [0.5, 0.6) is 0 Å². The molecule has 3 heteroatoms. The first kappa shape index (κ1) is 24.9. The second kappa shape index (κ2) is 16.8. The van der Waals surface area contributed by atoms with Crippen LogP contribution in [0.25, 0.3) is 0 Å². The lowest BCUT2D eigenvalue weighted by molar-refractivity contribution is -0.0119. The monoisotopic (exact) mass is 383 g/mol. The van der Waals surface area contributed by atoms with E-state index in [1.54, 1.807) is 0 Å². The van der Waals surface area contributed by atoms with E-state index >= 15 is 0 Å². The topological polar surface area (TPSA) is 21.7 Å². The molecule has 3 nitrogen and oxygen atoms in total. The van der Waals surface area contributed by atoms with Gasteiger partial charge in [-0.25, -0.2) is 0 Å². The smallest absolute Gasteiger partial charge is 0.0599 e. The second-order valence-electron chi connectivity index (χ2n) is 8.48. The molecule has 0 bridgehead atoms. The average molecular weight is 384 g/mol. The molecule has 1 aliphatic heterocycles. The van der Waals surface area contributed by atoms with E-state index in [1.807, 2.05) is 0 Å². The first-order valence-electron chi connectivity index (χ1n) is 12.2. The molecule has 1 heterocycles. The number of hydrogen-bond acceptors (Lipinski definition) is 3. The summed E-state index contributed by atoms with van der Waals surface area (Å²) in [5.74, 6) is 0.910. The van der Waals surface area contributed by atoms with Gasteiger partial charge in [-0.05, 0) is 50.9 Å². The fourth-order valence-electron chi connectivity index (χ4n) is 4.42. The van der Waals surface area contributed by atoms with Gasteiger partial charge in [0, 0.05) is 39.0 Å². The Labute approximate surface area is 170 Å². The Morgan fingerprint density at radius 1 is 0.778 bits per heavy atom. The maximum Gasteiger partial charge on any atom is 0.0599 e. The van der Waals surface area contributed by atoms with E-state index in [2.05, 4.69) is 32.6 Å². The van der Waals surface area contributed by atoms with Gasteiger partial charge in [-0.2, -0.15) is 0 Å². The van der Waals surface area contributed by atoms with E-state index < -0.39 is 0 Å². The summed E-state index contributed by atoms with van der Waals surface area (Å²) < 4.78 is 11.9.